The van der Waals surface area contributed by atoms with Crippen LogP contribution in [0.5, 0.6) is 0 Å². The molecule has 0 aliphatic heterocycles. The van der Waals surface area contributed by atoms with Crippen molar-refractivity contribution in [1.82, 2.24) is 0 Å². The van der Waals surface area contributed by atoms with Gasteiger partial charge in [-0.2, -0.15) is 0 Å². The van der Waals surface area contributed by atoms with E-state index in [2.05, 4.69) is 0 Å². The quantitative estimate of drug-likeness (QED) is 0.635. The first-order chi connectivity index (χ1) is 3.55. The first kappa shape index (κ1) is 11.9. The van der Waals surface area contributed by atoms with Crippen LogP contribution in [-0.2, 0) is 4.79 Å². The smallest absolute Gasteiger partial charge is 0.238 e. The maximum Gasteiger partial charge on any atom is 0.238 e. The van der Waals surface area contributed by atoms with Gasteiger partial charge in [-0.25, -0.2) is 0 Å². The molecule has 0 aromatic heterocycles. The highest BCUT2D eigenvalue weighted by atomic mass is 35.5. The summed E-state index contributed by atoms with van der Waals surface area (Å²) >= 11 is 5.06. The summed E-state index contributed by atoms with van der Waals surface area (Å²) in [4.78, 5) is 10.2. The summed E-state index contributed by atoms with van der Waals surface area (Å²) in [5, 5.41) is -0.458. The molecule has 2 nitrogen and oxygen atoms in total. The molecule has 0 bridgehead atoms. The van der Waals surface area contributed by atoms with E-state index >= 15 is 0 Å². The Kier molecular flexibility index (Phi) is 6.68. The van der Waals surface area contributed by atoms with Gasteiger partial charge in [0.25, 0.3) is 0 Å². The standard InChI is InChI=1S/C5H10ClNO.ClH/c1-3(2)4(7)5(6)8;/h3-4H,7H2,1-2H3;1H/t4-;/m0./s1. The number of hydrogen-bond acceptors (Lipinski definition) is 2. The minimum absolute atomic E-state index is 0. The van der Waals surface area contributed by atoms with Crippen LogP contribution in [0, 0.1) is 5.92 Å². The molecule has 0 unspecified atom stereocenters. The fourth-order valence-corrected chi connectivity index (χ4v) is 0.514. The Hall–Kier alpha value is 0.210. The third kappa shape index (κ3) is 4.70. The molecule has 0 heterocycles. The Morgan fingerprint density at radius 1 is 1.56 bits per heavy atom. The number of hydrogen-bond donors (Lipinski definition) is 1. The summed E-state index contributed by atoms with van der Waals surface area (Å²) in [5.74, 6) is 0.139. The molecule has 0 rings (SSSR count). The van der Waals surface area contributed by atoms with E-state index in [1.54, 1.807) is 0 Å². The van der Waals surface area contributed by atoms with Gasteiger partial charge >= 0.3 is 0 Å². The van der Waals surface area contributed by atoms with E-state index < -0.39 is 11.3 Å². The zero-order valence-electron chi connectivity index (χ0n) is 5.43. The van der Waals surface area contributed by atoms with E-state index in [0.29, 0.717) is 0 Å². The molecule has 0 fully saturated rings. The minimum atomic E-state index is -0.503. The van der Waals surface area contributed by atoms with Crippen LogP contribution in [0.25, 0.3) is 0 Å². The van der Waals surface area contributed by atoms with Gasteiger partial charge in [0.1, 0.15) is 0 Å². The number of carbonyl (C=O) groups excluding carboxylic acids is 1. The van der Waals surface area contributed by atoms with Gasteiger partial charge in [0.15, 0.2) is 0 Å². The molecule has 4 heteroatoms. The van der Waals surface area contributed by atoms with Gasteiger partial charge in [0.05, 0.1) is 6.04 Å². The molecular formula is C5H11Cl2NO. The summed E-state index contributed by atoms with van der Waals surface area (Å²) in [6, 6.07) is -0.503. The highest BCUT2D eigenvalue weighted by Gasteiger charge is 2.13. The van der Waals surface area contributed by atoms with Gasteiger partial charge < -0.3 is 5.73 Å². The van der Waals surface area contributed by atoms with E-state index in [1.807, 2.05) is 13.8 Å². The highest BCUT2D eigenvalue weighted by Crippen LogP contribution is 2.00. The van der Waals surface area contributed by atoms with Gasteiger partial charge in [-0.3, -0.25) is 4.79 Å². The molecule has 0 spiro atoms. The van der Waals surface area contributed by atoms with Crippen LogP contribution in [0.4, 0.5) is 0 Å². The summed E-state index contributed by atoms with van der Waals surface area (Å²) in [6.07, 6.45) is 0. The summed E-state index contributed by atoms with van der Waals surface area (Å²) in [5.41, 5.74) is 5.28. The minimum Gasteiger partial charge on any atom is -0.320 e. The van der Waals surface area contributed by atoms with Crippen LogP contribution in [0.3, 0.4) is 0 Å². The van der Waals surface area contributed by atoms with E-state index in [4.69, 9.17) is 17.3 Å². The maximum absolute atomic E-state index is 10.2. The van der Waals surface area contributed by atoms with Crippen molar-refractivity contribution in [1.29, 1.82) is 0 Å². The molecule has 0 aromatic rings. The second-order valence-corrected chi connectivity index (χ2v) is 2.45. The zero-order chi connectivity index (χ0) is 6.73. The molecule has 0 aromatic carbocycles. The van der Waals surface area contributed by atoms with Crippen LogP contribution in [0.1, 0.15) is 13.8 Å². The highest BCUT2D eigenvalue weighted by molar-refractivity contribution is 6.64. The number of rotatable bonds is 2. The summed E-state index contributed by atoms with van der Waals surface area (Å²) in [6.45, 7) is 3.70. The van der Waals surface area contributed by atoms with Crippen LogP contribution >= 0.6 is 24.0 Å². The molecule has 0 saturated heterocycles. The summed E-state index contributed by atoms with van der Waals surface area (Å²) < 4.78 is 0. The zero-order valence-corrected chi connectivity index (χ0v) is 7.00. The molecular weight excluding hydrogens is 161 g/mol. The van der Waals surface area contributed by atoms with Crippen molar-refractivity contribution in [3.05, 3.63) is 0 Å². The fourth-order valence-electron chi connectivity index (χ4n) is 0.262. The van der Waals surface area contributed by atoms with Crippen LogP contribution in [0.2, 0.25) is 0 Å². The van der Waals surface area contributed by atoms with Crippen molar-refractivity contribution in [2.45, 2.75) is 19.9 Å². The van der Waals surface area contributed by atoms with Gasteiger partial charge in [-0.05, 0) is 17.5 Å². The SMILES string of the molecule is CC(C)[C@H](N)C(=O)Cl.Cl. The Bertz CT molecular complexity index is 95.0. The van der Waals surface area contributed by atoms with Crippen molar-refractivity contribution in [3.8, 4) is 0 Å². The molecule has 9 heavy (non-hydrogen) atoms. The van der Waals surface area contributed by atoms with E-state index in [9.17, 15) is 4.79 Å². The normalized spacial score (nSPS) is 12.6. The molecule has 0 saturated carbocycles. The number of nitrogens with two attached hydrogens (primary N) is 1. The molecule has 0 radical (unpaired) electrons. The summed E-state index contributed by atoms with van der Waals surface area (Å²) in [7, 11) is 0. The Morgan fingerprint density at radius 3 is 1.89 bits per heavy atom. The maximum atomic E-state index is 10.2. The molecule has 2 N–H and O–H groups in total. The number of halogens is 2. The monoisotopic (exact) mass is 171 g/mol. The largest absolute Gasteiger partial charge is 0.320 e. The van der Waals surface area contributed by atoms with Crippen molar-refractivity contribution in [2.24, 2.45) is 11.7 Å². The second kappa shape index (κ2) is 5.03. The van der Waals surface area contributed by atoms with Crippen molar-refractivity contribution < 1.29 is 4.79 Å². The predicted octanol–water partition coefficient (Wildman–Crippen LogP) is 1.16. The Labute approximate surface area is 66.2 Å². The van der Waals surface area contributed by atoms with E-state index in [-0.39, 0.29) is 18.3 Å². The second-order valence-electron chi connectivity index (χ2n) is 2.07. The Balaban J connectivity index is 0. The lowest BCUT2D eigenvalue weighted by Crippen LogP contribution is -2.32. The average molecular weight is 172 g/mol. The van der Waals surface area contributed by atoms with Crippen LogP contribution in [-0.4, -0.2) is 11.3 Å². The van der Waals surface area contributed by atoms with Gasteiger partial charge in [0, 0.05) is 0 Å². The number of carbonyl (C=O) groups is 1. The Morgan fingerprint density at radius 2 is 1.89 bits per heavy atom. The van der Waals surface area contributed by atoms with Gasteiger partial charge in [0.2, 0.25) is 5.24 Å². The lowest BCUT2D eigenvalue weighted by atomic mass is 10.1. The lowest BCUT2D eigenvalue weighted by molar-refractivity contribution is -0.113. The van der Waals surface area contributed by atoms with Crippen molar-refractivity contribution >= 4 is 29.3 Å². The van der Waals surface area contributed by atoms with E-state index in [0.717, 1.165) is 0 Å². The third-order valence-corrected chi connectivity index (χ3v) is 1.23. The van der Waals surface area contributed by atoms with Crippen molar-refractivity contribution in [2.75, 3.05) is 0 Å². The predicted molar refractivity (Wildman–Crippen MR) is 40.9 cm³/mol. The van der Waals surface area contributed by atoms with E-state index in [1.165, 1.54) is 0 Å². The molecule has 0 aliphatic carbocycles. The molecule has 1 atom stereocenters. The molecule has 56 valence electrons. The molecule has 0 amide bonds. The fraction of sp³-hybridized carbons (Fsp3) is 0.800. The van der Waals surface area contributed by atoms with Crippen LogP contribution < -0.4 is 5.73 Å². The first-order valence-electron chi connectivity index (χ1n) is 2.50. The third-order valence-electron chi connectivity index (χ3n) is 0.980. The van der Waals surface area contributed by atoms with Crippen molar-refractivity contribution in [3.63, 3.8) is 0 Å². The first-order valence-corrected chi connectivity index (χ1v) is 2.88. The van der Waals surface area contributed by atoms with Crippen LogP contribution in [0.15, 0.2) is 0 Å². The topological polar surface area (TPSA) is 43.1 Å². The molecule has 0 aliphatic rings. The van der Waals surface area contributed by atoms with Gasteiger partial charge in [-0.15, -0.1) is 12.4 Å². The lowest BCUT2D eigenvalue weighted by Gasteiger charge is -2.08. The van der Waals surface area contributed by atoms with Gasteiger partial charge in [-0.1, -0.05) is 13.8 Å². The average Bonchev–Trinajstić information content (AvgIpc) is 1.64.